The molecule has 0 saturated heterocycles. The molecule has 0 aliphatic heterocycles. The van der Waals surface area contributed by atoms with Gasteiger partial charge in [-0.3, -0.25) is 4.79 Å². The van der Waals surface area contributed by atoms with Gasteiger partial charge in [0.2, 0.25) is 0 Å². The zero-order valence-corrected chi connectivity index (χ0v) is 9.95. The van der Waals surface area contributed by atoms with Crippen LogP contribution in [0.2, 0.25) is 0 Å². The van der Waals surface area contributed by atoms with Gasteiger partial charge in [-0.05, 0) is 18.6 Å². The summed E-state index contributed by atoms with van der Waals surface area (Å²) in [6.45, 7) is 5.24. The van der Waals surface area contributed by atoms with Crippen LogP contribution in [0.5, 0.6) is 0 Å². The molecule has 0 unspecified atom stereocenters. The maximum atomic E-state index is 12.7. The molecule has 1 aromatic rings. The highest BCUT2D eigenvalue weighted by Gasteiger charge is 2.38. The summed E-state index contributed by atoms with van der Waals surface area (Å²) in [5, 5.41) is 1.45. The summed E-state index contributed by atoms with van der Waals surface area (Å²) in [7, 11) is 0. The van der Waals surface area contributed by atoms with Gasteiger partial charge in [-0.1, -0.05) is 13.8 Å². The lowest BCUT2D eigenvalue weighted by Crippen LogP contribution is -2.30. The van der Waals surface area contributed by atoms with E-state index in [1.165, 1.54) is 12.2 Å². The van der Waals surface area contributed by atoms with Crippen LogP contribution in [0, 0.1) is 18.6 Å². The molecule has 0 fully saturated rings. The van der Waals surface area contributed by atoms with Gasteiger partial charge >= 0.3 is 12.1 Å². The molecule has 7 heteroatoms. The maximum absolute atomic E-state index is 12.7. The maximum Gasteiger partial charge on any atom is 0.471 e. The van der Waals surface area contributed by atoms with Crippen molar-refractivity contribution in [1.29, 1.82) is 0 Å². The van der Waals surface area contributed by atoms with E-state index in [1.54, 1.807) is 0 Å². The number of rotatable bonds is 1. The van der Waals surface area contributed by atoms with Crippen molar-refractivity contribution in [2.45, 2.75) is 26.9 Å². The molecule has 0 saturated carbocycles. The molecule has 18 heavy (non-hydrogen) atoms. The summed E-state index contributed by atoms with van der Waals surface area (Å²) in [5.74, 6) is -4.76. The summed E-state index contributed by atoms with van der Waals surface area (Å²) >= 11 is 0. The Morgan fingerprint density at radius 3 is 2.00 bits per heavy atom. The number of aryl methyl sites for hydroxylation is 1. The Morgan fingerprint density at radius 2 is 1.56 bits per heavy atom. The Hall–Kier alpha value is -1.66. The molecule has 1 aromatic carbocycles. The van der Waals surface area contributed by atoms with Gasteiger partial charge in [0.25, 0.3) is 0 Å². The van der Waals surface area contributed by atoms with E-state index in [4.69, 9.17) is 0 Å². The number of amides is 1. The van der Waals surface area contributed by atoms with Gasteiger partial charge in [0.15, 0.2) is 11.6 Å². The van der Waals surface area contributed by atoms with Crippen LogP contribution < -0.4 is 5.32 Å². The Kier molecular flexibility index (Phi) is 5.74. The van der Waals surface area contributed by atoms with Gasteiger partial charge in [0, 0.05) is 11.8 Å². The van der Waals surface area contributed by atoms with Crippen LogP contribution in [-0.2, 0) is 4.79 Å². The van der Waals surface area contributed by atoms with Crippen LogP contribution in [0.1, 0.15) is 19.4 Å². The van der Waals surface area contributed by atoms with Gasteiger partial charge in [-0.25, -0.2) is 8.78 Å². The lowest BCUT2D eigenvalue weighted by Gasteiger charge is -2.10. The van der Waals surface area contributed by atoms with Crippen LogP contribution in [0.3, 0.4) is 0 Å². The van der Waals surface area contributed by atoms with Gasteiger partial charge in [-0.15, -0.1) is 0 Å². The highest BCUT2D eigenvalue weighted by molar-refractivity contribution is 5.95. The molecule has 1 amide bonds. The number of hydrogen-bond acceptors (Lipinski definition) is 1. The second kappa shape index (κ2) is 6.32. The third-order valence-corrected chi connectivity index (χ3v) is 1.77. The first-order valence-corrected chi connectivity index (χ1v) is 5.05. The average Bonchev–Trinajstić information content (AvgIpc) is 2.27. The predicted molar refractivity (Wildman–Crippen MR) is 57.1 cm³/mol. The van der Waals surface area contributed by atoms with Crippen molar-refractivity contribution in [3.63, 3.8) is 0 Å². The second-order valence-electron chi connectivity index (χ2n) is 3.03. The quantitative estimate of drug-likeness (QED) is 0.772. The van der Waals surface area contributed by atoms with Crippen molar-refractivity contribution in [3.05, 3.63) is 29.3 Å². The fourth-order valence-electron chi connectivity index (χ4n) is 0.974. The zero-order chi connectivity index (χ0) is 14.5. The van der Waals surface area contributed by atoms with E-state index in [1.807, 2.05) is 13.8 Å². The summed E-state index contributed by atoms with van der Waals surface area (Å²) in [4.78, 5) is 10.5. The highest BCUT2D eigenvalue weighted by Crippen LogP contribution is 2.22. The molecule has 0 aliphatic carbocycles. The molecular weight excluding hydrogens is 257 g/mol. The number of carbonyl (C=O) groups excluding carboxylic acids is 1. The van der Waals surface area contributed by atoms with Crippen molar-refractivity contribution >= 4 is 11.6 Å². The van der Waals surface area contributed by atoms with Crippen LogP contribution in [-0.4, -0.2) is 12.1 Å². The SMILES string of the molecule is CC.Cc1cc(F)c(F)cc1NC(=O)C(F)(F)F. The molecule has 0 bridgehead atoms. The van der Waals surface area contributed by atoms with E-state index in [9.17, 15) is 26.7 Å². The molecule has 1 rings (SSSR count). The Morgan fingerprint density at radius 1 is 1.11 bits per heavy atom. The molecule has 102 valence electrons. The summed E-state index contributed by atoms with van der Waals surface area (Å²) in [6, 6.07) is 1.19. The number of nitrogens with one attached hydrogen (secondary N) is 1. The number of anilines is 1. The lowest BCUT2D eigenvalue weighted by atomic mass is 10.2. The monoisotopic (exact) mass is 269 g/mol. The molecule has 0 atom stereocenters. The summed E-state index contributed by atoms with van der Waals surface area (Å²) < 4.78 is 60.9. The minimum absolute atomic E-state index is 0.00324. The third kappa shape index (κ3) is 4.31. The van der Waals surface area contributed by atoms with Crippen molar-refractivity contribution in [3.8, 4) is 0 Å². The number of hydrogen-bond donors (Lipinski definition) is 1. The lowest BCUT2D eigenvalue weighted by molar-refractivity contribution is -0.167. The fraction of sp³-hybridized carbons (Fsp3) is 0.364. The van der Waals surface area contributed by atoms with Crippen LogP contribution in [0.25, 0.3) is 0 Å². The van der Waals surface area contributed by atoms with Gasteiger partial charge in [0.05, 0.1) is 0 Å². The first kappa shape index (κ1) is 16.3. The molecular formula is C11H12F5NO. The standard InChI is InChI=1S/C9H6F5NO.C2H6/c1-4-2-5(10)6(11)3-7(4)15-8(16)9(12,13)14;1-2/h2-3H,1H3,(H,15,16);1-2H3. The van der Waals surface area contributed by atoms with Crippen LogP contribution in [0.15, 0.2) is 12.1 Å². The minimum Gasteiger partial charge on any atom is -0.318 e. The molecule has 0 aliphatic rings. The predicted octanol–water partition coefficient (Wildman–Crippen LogP) is 3.80. The number of alkyl halides is 3. The van der Waals surface area contributed by atoms with Crippen LogP contribution in [0.4, 0.5) is 27.6 Å². The molecule has 0 heterocycles. The van der Waals surface area contributed by atoms with Gasteiger partial charge < -0.3 is 5.32 Å². The number of benzene rings is 1. The van der Waals surface area contributed by atoms with E-state index in [-0.39, 0.29) is 5.56 Å². The average molecular weight is 269 g/mol. The van der Waals surface area contributed by atoms with Gasteiger partial charge in [-0.2, -0.15) is 13.2 Å². The molecule has 0 aromatic heterocycles. The normalized spacial score (nSPS) is 10.4. The number of halogens is 5. The van der Waals surface area contributed by atoms with Crippen molar-refractivity contribution in [2.24, 2.45) is 0 Å². The van der Waals surface area contributed by atoms with E-state index < -0.39 is 29.4 Å². The topological polar surface area (TPSA) is 29.1 Å². The van der Waals surface area contributed by atoms with E-state index >= 15 is 0 Å². The Balaban J connectivity index is 0.00000137. The Bertz CT molecular complexity index is 428. The molecule has 1 N–H and O–H groups in total. The first-order valence-electron chi connectivity index (χ1n) is 5.05. The largest absolute Gasteiger partial charge is 0.471 e. The molecule has 0 spiro atoms. The molecule has 0 radical (unpaired) electrons. The van der Waals surface area contributed by atoms with Crippen LogP contribution >= 0.6 is 0 Å². The van der Waals surface area contributed by atoms with Crippen molar-refractivity contribution < 1.29 is 26.7 Å². The van der Waals surface area contributed by atoms with E-state index in [2.05, 4.69) is 0 Å². The smallest absolute Gasteiger partial charge is 0.318 e. The van der Waals surface area contributed by atoms with E-state index in [0.29, 0.717) is 12.1 Å². The summed E-state index contributed by atoms with van der Waals surface area (Å²) in [5.41, 5.74) is -0.419. The van der Waals surface area contributed by atoms with Crippen molar-refractivity contribution in [2.75, 3.05) is 5.32 Å². The number of carbonyl (C=O) groups is 1. The van der Waals surface area contributed by atoms with Crippen molar-refractivity contribution in [1.82, 2.24) is 0 Å². The second-order valence-corrected chi connectivity index (χ2v) is 3.03. The fourth-order valence-corrected chi connectivity index (χ4v) is 0.974. The summed E-state index contributed by atoms with van der Waals surface area (Å²) in [6.07, 6.45) is -5.07. The van der Waals surface area contributed by atoms with E-state index in [0.717, 1.165) is 0 Å². The first-order chi connectivity index (χ1) is 8.21. The molecule has 2 nitrogen and oxygen atoms in total. The highest BCUT2D eigenvalue weighted by atomic mass is 19.4. The van der Waals surface area contributed by atoms with Gasteiger partial charge in [0.1, 0.15) is 0 Å². The third-order valence-electron chi connectivity index (χ3n) is 1.77. The Labute approximate surface area is 101 Å². The minimum atomic E-state index is -5.07. The zero-order valence-electron chi connectivity index (χ0n) is 9.95.